The summed E-state index contributed by atoms with van der Waals surface area (Å²) in [6, 6.07) is 30.5. The number of carbonyl (C=O) groups excluding carboxylic acids is 2. The topological polar surface area (TPSA) is 96.0 Å². The molecule has 0 bridgehead atoms. The van der Waals surface area contributed by atoms with Crippen molar-refractivity contribution < 1.29 is 22.7 Å². The van der Waals surface area contributed by atoms with Gasteiger partial charge in [-0.2, -0.15) is 0 Å². The van der Waals surface area contributed by atoms with Crippen LogP contribution in [-0.2, 0) is 26.2 Å². The first-order valence-corrected chi connectivity index (χ1v) is 17.2. The molecule has 5 rings (SSSR count). The summed E-state index contributed by atoms with van der Waals surface area (Å²) in [7, 11) is -4.16. The number of carbonyl (C=O) groups is 2. The van der Waals surface area contributed by atoms with Gasteiger partial charge in [-0.15, -0.1) is 0 Å². The minimum Gasteiger partial charge on any atom is -0.457 e. The minimum absolute atomic E-state index is 0.0491. The largest absolute Gasteiger partial charge is 0.457 e. The van der Waals surface area contributed by atoms with E-state index in [-0.39, 0.29) is 29.1 Å². The molecule has 0 aromatic heterocycles. The summed E-state index contributed by atoms with van der Waals surface area (Å²) >= 11 is 3.48. The molecule has 10 heteroatoms. The number of nitrogens with zero attached hydrogens (tertiary/aromatic N) is 2. The molecule has 1 aliphatic rings. The fourth-order valence-corrected chi connectivity index (χ4v) is 7.24. The summed E-state index contributed by atoms with van der Waals surface area (Å²) < 4.78 is 35.9. The van der Waals surface area contributed by atoms with Gasteiger partial charge in [0, 0.05) is 17.1 Å². The Hall–Kier alpha value is -4.15. The van der Waals surface area contributed by atoms with Gasteiger partial charge in [-0.05, 0) is 86.0 Å². The van der Waals surface area contributed by atoms with Crippen LogP contribution < -0.4 is 14.4 Å². The quantitative estimate of drug-likeness (QED) is 0.174. The Balaban J connectivity index is 1.46. The maximum absolute atomic E-state index is 14.2. The molecule has 4 aromatic carbocycles. The molecule has 1 aliphatic carbocycles. The smallest absolute Gasteiger partial charge is 0.264 e. The fourth-order valence-electron chi connectivity index (χ4n) is 5.36. The maximum Gasteiger partial charge on any atom is 0.264 e. The van der Waals surface area contributed by atoms with E-state index < -0.39 is 28.5 Å². The highest BCUT2D eigenvalue weighted by Gasteiger charge is 2.33. The van der Waals surface area contributed by atoms with E-state index in [0.29, 0.717) is 11.5 Å². The van der Waals surface area contributed by atoms with Crippen LogP contribution in [0.25, 0.3) is 0 Å². The molecule has 1 atom stereocenters. The molecule has 1 fully saturated rings. The Bertz CT molecular complexity index is 1700. The van der Waals surface area contributed by atoms with Gasteiger partial charge in [0.25, 0.3) is 10.0 Å². The lowest BCUT2D eigenvalue weighted by atomic mass is 10.1. The Morgan fingerprint density at radius 2 is 1.49 bits per heavy atom. The standard InChI is InChI=1S/C35H36BrN3O5S/c1-26(35(41)37-29-13-8-9-14-29)38(24-27-11-10-12-28(36)23-27)34(40)25-39(45(42,43)33-17-6-3-7-18-33)30-19-21-32(22-20-30)44-31-15-4-2-5-16-31/h2-7,10-12,15-23,26,29H,8-9,13-14,24-25H2,1H3,(H,37,41)/t26-/m1/s1. The van der Waals surface area contributed by atoms with Crippen LogP contribution in [0, 0.1) is 0 Å². The molecule has 1 N–H and O–H groups in total. The van der Waals surface area contributed by atoms with Gasteiger partial charge in [-0.3, -0.25) is 13.9 Å². The molecular formula is C35H36BrN3O5S. The van der Waals surface area contributed by atoms with Crippen molar-refractivity contribution in [3.63, 3.8) is 0 Å². The molecule has 4 aromatic rings. The third-order valence-corrected chi connectivity index (χ3v) is 10.1. The van der Waals surface area contributed by atoms with Gasteiger partial charge in [0.15, 0.2) is 0 Å². The second-order valence-corrected chi connectivity index (χ2v) is 13.8. The summed E-state index contributed by atoms with van der Waals surface area (Å²) in [5, 5.41) is 3.09. The number of para-hydroxylation sites is 1. The van der Waals surface area contributed by atoms with Crippen LogP contribution in [0.2, 0.25) is 0 Å². The number of nitrogens with one attached hydrogen (secondary N) is 1. The molecule has 234 valence electrons. The number of benzene rings is 4. The molecule has 0 heterocycles. The second-order valence-electron chi connectivity index (χ2n) is 11.1. The molecular weight excluding hydrogens is 654 g/mol. The number of hydrogen-bond donors (Lipinski definition) is 1. The van der Waals surface area contributed by atoms with Gasteiger partial charge in [0.1, 0.15) is 24.1 Å². The van der Waals surface area contributed by atoms with Crippen LogP contribution >= 0.6 is 15.9 Å². The molecule has 0 unspecified atom stereocenters. The zero-order valence-corrected chi connectivity index (χ0v) is 27.4. The average molecular weight is 691 g/mol. The summed E-state index contributed by atoms with van der Waals surface area (Å²) in [6.07, 6.45) is 3.93. The lowest BCUT2D eigenvalue weighted by Crippen LogP contribution is -2.52. The van der Waals surface area contributed by atoms with Crippen molar-refractivity contribution in [2.45, 2.75) is 56.1 Å². The highest BCUT2D eigenvalue weighted by molar-refractivity contribution is 9.10. The Labute approximate surface area is 273 Å². The highest BCUT2D eigenvalue weighted by Crippen LogP contribution is 2.29. The van der Waals surface area contributed by atoms with E-state index in [9.17, 15) is 18.0 Å². The van der Waals surface area contributed by atoms with Crippen molar-refractivity contribution in [3.8, 4) is 11.5 Å². The normalized spacial score (nSPS) is 14.0. The summed E-state index contributed by atoms with van der Waals surface area (Å²) in [5.41, 5.74) is 1.09. The highest BCUT2D eigenvalue weighted by atomic mass is 79.9. The van der Waals surface area contributed by atoms with Crippen LogP contribution in [0.1, 0.15) is 38.2 Å². The number of halogens is 1. The van der Waals surface area contributed by atoms with Gasteiger partial charge >= 0.3 is 0 Å². The summed E-state index contributed by atoms with van der Waals surface area (Å²) in [4.78, 5) is 29.1. The monoisotopic (exact) mass is 689 g/mol. The minimum atomic E-state index is -4.16. The lowest BCUT2D eigenvalue weighted by Gasteiger charge is -2.32. The van der Waals surface area contributed by atoms with Crippen molar-refractivity contribution in [1.29, 1.82) is 0 Å². The summed E-state index contributed by atoms with van der Waals surface area (Å²) in [6.45, 7) is 1.30. The van der Waals surface area contributed by atoms with Crippen LogP contribution in [0.15, 0.2) is 119 Å². The molecule has 8 nitrogen and oxygen atoms in total. The third kappa shape index (κ3) is 8.32. The molecule has 45 heavy (non-hydrogen) atoms. The zero-order chi connectivity index (χ0) is 31.8. The van der Waals surface area contributed by atoms with Gasteiger partial charge in [-0.1, -0.05) is 77.3 Å². The Morgan fingerprint density at radius 1 is 0.867 bits per heavy atom. The number of amides is 2. The van der Waals surface area contributed by atoms with E-state index in [0.717, 1.165) is 40.0 Å². The number of anilines is 1. The molecule has 0 saturated heterocycles. The number of sulfonamides is 1. The van der Waals surface area contributed by atoms with E-state index in [1.165, 1.54) is 17.0 Å². The SMILES string of the molecule is C[C@H](C(=O)NC1CCCC1)N(Cc1cccc(Br)c1)C(=O)CN(c1ccc(Oc2ccccc2)cc1)S(=O)(=O)c1ccccc1. The first kappa shape index (κ1) is 32.2. The van der Waals surface area contributed by atoms with E-state index in [1.54, 1.807) is 49.4 Å². The van der Waals surface area contributed by atoms with Crippen molar-refractivity contribution >= 4 is 43.5 Å². The predicted octanol–water partition coefficient (Wildman–Crippen LogP) is 6.91. The second kappa shape index (κ2) is 14.8. The first-order valence-electron chi connectivity index (χ1n) is 15.0. The van der Waals surface area contributed by atoms with Crippen molar-refractivity contribution in [2.24, 2.45) is 0 Å². The van der Waals surface area contributed by atoms with Gasteiger partial charge in [-0.25, -0.2) is 8.42 Å². The van der Waals surface area contributed by atoms with E-state index >= 15 is 0 Å². The van der Waals surface area contributed by atoms with Gasteiger partial charge in [0.2, 0.25) is 11.8 Å². The Kier molecular flexibility index (Phi) is 10.6. The molecule has 1 saturated carbocycles. The lowest BCUT2D eigenvalue weighted by molar-refractivity contribution is -0.139. The van der Waals surface area contributed by atoms with Gasteiger partial charge in [0.05, 0.1) is 10.6 Å². The summed E-state index contributed by atoms with van der Waals surface area (Å²) in [5.74, 6) is 0.391. The van der Waals surface area contributed by atoms with Gasteiger partial charge < -0.3 is 15.0 Å². The first-order chi connectivity index (χ1) is 21.7. The molecule has 0 radical (unpaired) electrons. The fraction of sp³-hybridized carbons (Fsp3) is 0.257. The Morgan fingerprint density at radius 3 is 2.13 bits per heavy atom. The third-order valence-electron chi connectivity index (χ3n) is 7.82. The molecule has 2 amide bonds. The zero-order valence-electron chi connectivity index (χ0n) is 25.0. The van der Waals surface area contributed by atoms with E-state index in [2.05, 4.69) is 21.2 Å². The van der Waals surface area contributed by atoms with Crippen molar-refractivity contribution in [3.05, 3.63) is 119 Å². The van der Waals surface area contributed by atoms with Crippen molar-refractivity contribution in [2.75, 3.05) is 10.8 Å². The number of hydrogen-bond acceptors (Lipinski definition) is 5. The predicted molar refractivity (Wildman–Crippen MR) is 178 cm³/mol. The number of rotatable bonds is 12. The van der Waals surface area contributed by atoms with Crippen molar-refractivity contribution in [1.82, 2.24) is 10.2 Å². The van der Waals surface area contributed by atoms with E-state index in [4.69, 9.17) is 4.74 Å². The molecule has 0 spiro atoms. The van der Waals surface area contributed by atoms with Crippen LogP contribution in [0.4, 0.5) is 5.69 Å². The molecule has 0 aliphatic heterocycles. The van der Waals surface area contributed by atoms with E-state index in [1.807, 2.05) is 54.6 Å². The maximum atomic E-state index is 14.2. The average Bonchev–Trinajstić information content (AvgIpc) is 3.56. The van der Waals surface area contributed by atoms with Crippen LogP contribution in [-0.4, -0.2) is 43.8 Å². The van der Waals surface area contributed by atoms with Crippen LogP contribution in [0.5, 0.6) is 11.5 Å². The van der Waals surface area contributed by atoms with Crippen LogP contribution in [0.3, 0.4) is 0 Å². The number of ether oxygens (including phenoxy) is 1.